The molecule has 0 bridgehead atoms. The second-order valence-electron chi connectivity index (χ2n) is 7.23. The molecule has 4 rings (SSSR count). The topological polar surface area (TPSA) is 102 Å². The Morgan fingerprint density at radius 1 is 1.13 bits per heavy atom. The van der Waals surface area contributed by atoms with E-state index in [0.717, 1.165) is 0 Å². The molecular formula is C20H20FN3O5S. The maximum Gasteiger partial charge on any atom is 0.419 e. The number of nitrogens with one attached hydrogen (secondary N) is 1. The Morgan fingerprint density at radius 2 is 1.80 bits per heavy atom. The zero-order valence-corrected chi connectivity index (χ0v) is 17.0. The van der Waals surface area contributed by atoms with E-state index in [0.29, 0.717) is 24.0 Å². The minimum atomic E-state index is -3.78. The van der Waals surface area contributed by atoms with Crippen LogP contribution in [0.1, 0.15) is 12.8 Å². The molecule has 0 saturated carbocycles. The van der Waals surface area contributed by atoms with Gasteiger partial charge in [0.25, 0.3) is 0 Å². The third-order valence-corrected chi connectivity index (χ3v) is 7.23. The van der Waals surface area contributed by atoms with Crippen molar-refractivity contribution in [3.8, 4) is 0 Å². The van der Waals surface area contributed by atoms with Gasteiger partial charge in [-0.25, -0.2) is 17.6 Å². The van der Waals surface area contributed by atoms with Gasteiger partial charge in [-0.2, -0.15) is 4.31 Å². The molecule has 2 heterocycles. The van der Waals surface area contributed by atoms with E-state index in [4.69, 9.17) is 4.42 Å². The summed E-state index contributed by atoms with van der Waals surface area (Å²) in [6, 6.07) is 9.80. The first kappa shape index (κ1) is 20.3. The van der Waals surface area contributed by atoms with E-state index in [9.17, 15) is 22.4 Å². The van der Waals surface area contributed by atoms with Gasteiger partial charge in [-0.15, -0.1) is 0 Å². The van der Waals surface area contributed by atoms with Crippen molar-refractivity contribution in [2.75, 3.05) is 18.4 Å². The summed E-state index contributed by atoms with van der Waals surface area (Å²) in [4.78, 5) is 24.1. The lowest BCUT2D eigenvalue weighted by Crippen LogP contribution is -2.41. The number of fused-ring (bicyclic) bond motifs is 1. The molecule has 0 aliphatic carbocycles. The van der Waals surface area contributed by atoms with Crippen LogP contribution in [0.15, 0.2) is 56.6 Å². The fourth-order valence-corrected chi connectivity index (χ4v) is 5.05. The maximum absolute atomic E-state index is 13.0. The lowest BCUT2D eigenvalue weighted by atomic mass is 9.97. The van der Waals surface area contributed by atoms with Crippen molar-refractivity contribution < 1.29 is 22.0 Å². The lowest BCUT2D eigenvalue weighted by Gasteiger charge is -2.30. The van der Waals surface area contributed by atoms with Crippen molar-refractivity contribution in [2.24, 2.45) is 13.0 Å². The number of aromatic nitrogens is 1. The van der Waals surface area contributed by atoms with Gasteiger partial charge in [0.2, 0.25) is 15.9 Å². The average molecular weight is 433 g/mol. The molecule has 1 N–H and O–H groups in total. The summed E-state index contributed by atoms with van der Waals surface area (Å²) in [6.45, 7) is 0.390. The minimum Gasteiger partial charge on any atom is -0.408 e. The Bertz CT molecular complexity index is 1260. The molecule has 10 heteroatoms. The molecule has 2 aromatic carbocycles. The number of aryl methyl sites for hydroxylation is 1. The number of carbonyl (C=O) groups excluding carboxylic acids is 1. The zero-order chi connectivity index (χ0) is 21.5. The number of rotatable bonds is 4. The maximum atomic E-state index is 13.0. The molecule has 1 fully saturated rings. The molecule has 8 nitrogen and oxygen atoms in total. The number of nitrogens with zero attached hydrogens (tertiary/aromatic N) is 2. The lowest BCUT2D eigenvalue weighted by molar-refractivity contribution is -0.120. The smallest absolute Gasteiger partial charge is 0.408 e. The first-order chi connectivity index (χ1) is 14.3. The summed E-state index contributed by atoms with van der Waals surface area (Å²) in [7, 11) is -2.24. The van der Waals surface area contributed by atoms with Crippen LogP contribution in [0.2, 0.25) is 0 Å². The fraction of sp³-hybridized carbons (Fsp3) is 0.300. The van der Waals surface area contributed by atoms with Crippen molar-refractivity contribution in [3.05, 3.63) is 58.8 Å². The van der Waals surface area contributed by atoms with Crippen molar-refractivity contribution >= 4 is 32.7 Å². The summed E-state index contributed by atoms with van der Waals surface area (Å²) in [5, 5.41) is 2.73. The molecular weight excluding hydrogens is 413 g/mol. The first-order valence-electron chi connectivity index (χ1n) is 9.42. The third-order valence-electron chi connectivity index (χ3n) is 5.34. The fourth-order valence-electron chi connectivity index (χ4n) is 3.56. The van der Waals surface area contributed by atoms with Crippen molar-refractivity contribution in [1.82, 2.24) is 8.87 Å². The molecule has 158 valence electrons. The van der Waals surface area contributed by atoms with E-state index in [1.165, 1.54) is 51.3 Å². The van der Waals surface area contributed by atoms with E-state index in [1.807, 2.05) is 0 Å². The number of halogens is 1. The Morgan fingerprint density at radius 3 is 2.47 bits per heavy atom. The number of piperidine rings is 1. The number of benzene rings is 2. The quantitative estimate of drug-likeness (QED) is 0.680. The van der Waals surface area contributed by atoms with Crippen LogP contribution in [0.3, 0.4) is 0 Å². The van der Waals surface area contributed by atoms with Gasteiger partial charge in [-0.3, -0.25) is 9.36 Å². The Hall–Kier alpha value is -2.98. The Labute approximate surface area is 172 Å². The minimum absolute atomic E-state index is 0.0403. The van der Waals surface area contributed by atoms with E-state index >= 15 is 0 Å². The molecule has 1 amide bonds. The standard InChI is InChI=1S/C20H20FN3O5S/c1-23-17-7-6-16(12-18(17)29-20(23)26)30(27,28)24-10-8-13(9-11-24)19(25)22-15-4-2-14(21)3-5-15/h2-7,12-13H,8-11H2,1H3,(H,22,25). The van der Waals surface area contributed by atoms with Gasteiger partial charge in [-0.05, 0) is 49.2 Å². The summed E-state index contributed by atoms with van der Waals surface area (Å²) in [5.74, 6) is -1.51. The number of amides is 1. The highest BCUT2D eigenvalue weighted by atomic mass is 32.2. The van der Waals surface area contributed by atoms with Crippen molar-refractivity contribution in [2.45, 2.75) is 17.7 Å². The zero-order valence-electron chi connectivity index (χ0n) is 16.2. The van der Waals surface area contributed by atoms with Gasteiger partial charge in [0.05, 0.1) is 10.4 Å². The molecule has 1 saturated heterocycles. The van der Waals surface area contributed by atoms with Gasteiger partial charge in [0, 0.05) is 37.8 Å². The number of carbonyl (C=O) groups is 1. The Balaban J connectivity index is 1.44. The number of sulfonamides is 1. The molecule has 0 atom stereocenters. The van der Waals surface area contributed by atoms with E-state index in [1.54, 1.807) is 7.05 Å². The molecule has 1 aromatic heterocycles. The summed E-state index contributed by atoms with van der Waals surface area (Å²) < 4.78 is 46.7. The molecule has 1 aliphatic heterocycles. The average Bonchev–Trinajstić information content (AvgIpc) is 3.03. The van der Waals surface area contributed by atoms with Crippen LogP contribution in [-0.2, 0) is 21.9 Å². The van der Waals surface area contributed by atoms with Crippen LogP contribution in [-0.4, -0.2) is 36.3 Å². The summed E-state index contributed by atoms with van der Waals surface area (Å²) in [6.07, 6.45) is 0.740. The number of hydrogen-bond acceptors (Lipinski definition) is 5. The normalized spacial score (nSPS) is 16.1. The predicted octanol–water partition coefficient (Wildman–Crippen LogP) is 2.31. The van der Waals surface area contributed by atoms with Crippen molar-refractivity contribution in [3.63, 3.8) is 0 Å². The molecule has 3 aromatic rings. The van der Waals surface area contributed by atoms with Crippen LogP contribution in [0.4, 0.5) is 10.1 Å². The SMILES string of the molecule is Cn1c(=O)oc2cc(S(=O)(=O)N3CCC(C(=O)Nc4ccc(F)cc4)CC3)ccc21. The summed E-state index contributed by atoms with van der Waals surface area (Å²) in [5.41, 5.74) is 1.21. The number of anilines is 1. The van der Waals surface area contributed by atoms with E-state index in [2.05, 4.69) is 5.32 Å². The van der Waals surface area contributed by atoms with Gasteiger partial charge in [0.15, 0.2) is 5.58 Å². The summed E-state index contributed by atoms with van der Waals surface area (Å²) >= 11 is 0. The molecule has 0 radical (unpaired) electrons. The predicted molar refractivity (Wildman–Crippen MR) is 108 cm³/mol. The highest BCUT2D eigenvalue weighted by molar-refractivity contribution is 7.89. The second-order valence-corrected chi connectivity index (χ2v) is 9.17. The number of oxazole rings is 1. The van der Waals surface area contributed by atoms with Gasteiger partial charge in [0.1, 0.15) is 5.82 Å². The second kappa shape index (κ2) is 7.69. The molecule has 1 aliphatic rings. The highest BCUT2D eigenvalue weighted by Gasteiger charge is 2.32. The molecule has 0 unspecified atom stereocenters. The van der Waals surface area contributed by atoms with Crippen LogP contribution in [0, 0.1) is 11.7 Å². The van der Waals surface area contributed by atoms with Crippen LogP contribution in [0.25, 0.3) is 11.1 Å². The van der Waals surface area contributed by atoms with E-state index < -0.39 is 15.8 Å². The first-order valence-corrected chi connectivity index (χ1v) is 10.9. The van der Waals surface area contributed by atoms with Crippen LogP contribution < -0.4 is 11.1 Å². The van der Waals surface area contributed by atoms with Gasteiger partial charge < -0.3 is 9.73 Å². The Kier molecular flexibility index (Phi) is 5.20. The monoisotopic (exact) mass is 433 g/mol. The highest BCUT2D eigenvalue weighted by Crippen LogP contribution is 2.26. The molecule has 0 spiro atoms. The van der Waals surface area contributed by atoms with Gasteiger partial charge in [-0.1, -0.05) is 0 Å². The largest absolute Gasteiger partial charge is 0.419 e. The van der Waals surface area contributed by atoms with Gasteiger partial charge >= 0.3 is 5.76 Å². The molecule has 30 heavy (non-hydrogen) atoms. The van der Waals surface area contributed by atoms with Crippen LogP contribution >= 0.6 is 0 Å². The van der Waals surface area contributed by atoms with E-state index in [-0.39, 0.29) is 41.2 Å². The van der Waals surface area contributed by atoms with Crippen molar-refractivity contribution in [1.29, 1.82) is 0 Å². The number of hydrogen-bond donors (Lipinski definition) is 1. The van der Waals surface area contributed by atoms with Crippen LogP contribution in [0.5, 0.6) is 0 Å². The third kappa shape index (κ3) is 3.75.